The van der Waals surface area contributed by atoms with Crippen LogP contribution < -0.4 is 14.8 Å². The number of methoxy groups -OCH3 is 2. The molecule has 11 heteroatoms. The van der Waals surface area contributed by atoms with Crippen LogP contribution >= 0.6 is 11.8 Å². The summed E-state index contributed by atoms with van der Waals surface area (Å²) in [5.41, 5.74) is 2.85. The SMILES string of the molecule is COc1ccc(NC(=O)C(c2ccc(F)cc2)N(Cc2ccc(F)cc2)C(=O)CSc2nc(C)cc(C)n2)c(OC)c1. The zero-order valence-electron chi connectivity index (χ0n) is 23.6. The Bertz CT molecular complexity index is 1530. The van der Waals surface area contributed by atoms with Gasteiger partial charge in [0, 0.05) is 24.0 Å². The normalized spacial score (nSPS) is 11.5. The molecule has 1 atom stereocenters. The highest BCUT2D eigenvalue weighted by Crippen LogP contribution is 2.32. The highest BCUT2D eigenvalue weighted by molar-refractivity contribution is 7.99. The molecule has 0 aliphatic rings. The minimum absolute atomic E-state index is 0.0252. The maximum absolute atomic E-state index is 14.0. The van der Waals surface area contributed by atoms with Crippen molar-refractivity contribution < 1.29 is 27.8 Å². The van der Waals surface area contributed by atoms with Gasteiger partial charge in [-0.3, -0.25) is 9.59 Å². The number of ether oxygens (including phenoxy) is 2. The van der Waals surface area contributed by atoms with Gasteiger partial charge in [-0.25, -0.2) is 18.7 Å². The number of halogens is 2. The first-order valence-corrected chi connectivity index (χ1v) is 13.9. The Balaban J connectivity index is 1.72. The number of thioether (sulfide) groups is 1. The Labute approximate surface area is 247 Å². The second-order valence-corrected chi connectivity index (χ2v) is 10.3. The number of hydrogen-bond acceptors (Lipinski definition) is 7. The summed E-state index contributed by atoms with van der Waals surface area (Å²) in [6.45, 7) is 3.65. The van der Waals surface area contributed by atoms with Gasteiger partial charge >= 0.3 is 0 Å². The smallest absolute Gasteiger partial charge is 0.251 e. The predicted molar refractivity (Wildman–Crippen MR) is 156 cm³/mol. The number of nitrogens with one attached hydrogen (secondary N) is 1. The molecule has 8 nitrogen and oxygen atoms in total. The van der Waals surface area contributed by atoms with Crippen LogP contribution in [-0.2, 0) is 16.1 Å². The molecule has 1 aromatic heterocycles. The number of hydrogen-bond donors (Lipinski definition) is 1. The molecule has 0 saturated carbocycles. The Kier molecular flexibility index (Phi) is 10.1. The molecule has 1 unspecified atom stereocenters. The Morgan fingerprint density at radius 3 is 2.10 bits per heavy atom. The van der Waals surface area contributed by atoms with Gasteiger partial charge in [0.25, 0.3) is 5.91 Å². The number of carbonyl (C=O) groups is 2. The summed E-state index contributed by atoms with van der Waals surface area (Å²) in [6, 6.07) is 16.6. The average Bonchev–Trinajstić information content (AvgIpc) is 2.97. The van der Waals surface area contributed by atoms with E-state index in [0.717, 1.165) is 23.1 Å². The lowest BCUT2D eigenvalue weighted by molar-refractivity contribution is -0.137. The van der Waals surface area contributed by atoms with Gasteiger partial charge in [-0.15, -0.1) is 0 Å². The molecular weight excluding hydrogens is 562 g/mol. The molecular formula is C31H30F2N4O4S. The van der Waals surface area contributed by atoms with Crippen molar-refractivity contribution in [2.75, 3.05) is 25.3 Å². The Morgan fingerprint density at radius 2 is 1.50 bits per heavy atom. The lowest BCUT2D eigenvalue weighted by Gasteiger charge is -2.32. The van der Waals surface area contributed by atoms with Crippen LogP contribution in [0.2, 0.25) is 0 Å². The number of amides is 2. The number of rotatable bonds is 11. The van der Waals surface area contributed by atoms with Crippen molar-refractivity contribution in [1.29, 1.82) is 0 Å². The van der Waals surface area contributed by atoms with Gasteiger partial charge in [-0.2, -0.15) is 0 Å². The van der Waals surface area contributed by atoms with E-state index < -0.39 is 29.5 Å². The molecule has 0 radical (unpaired) electrons. The molecule has 42 heavy (non-hydrogen) atoms. The zero-order valence-corrected chi connectivity index (χ0v) is 24.4. The third-order valence-electron chi connectivity index (χ3n) is 6.29. The number of anilines is 1. The van der Waals surface area contributed by atoms with Crippen molar-refractivity contribution in [3.05, 3.63) is 107 Å². The minimum atomic E-state index is -1.18. The quantitative estimate of drug-likeness (QED) is 0.172. The monoisotopic (exact) mass is 592 g/mol. The number of carbonyl (C=O) groups excluding carboxylic acids is 2. The number of nitrogens with zero attached hydrogens (tertiary/aromatic N) is 3. The number of benzene rings is 3. The van der Waals surface area contributed by atoms with E-state index in [9.17, 15) is 18.4 Å². The summed E-state index contributed by atoms with van der Waals surface area (Å²) >= 11 is 1.14. The lowest BCUT2D eigenvalue weighted by atomic mass is 10.0. The van der Waals surface area contributed by atoms with Crippen LogP contribution in [-0.4, -0.2) is 46.7 Å². The van der Waals surface area contributed by atoms with E-state index in [4.69, 9.17) is 9.47 Å². The molecule has 2 amide bonds. The number of aryl methyl sites for hydroxylation is 2. The van der Waals surface area contributed by atoms with E-state index in [1.165, 1.54) is 55.5 Å². The second-order valence-electron chi connectivity index (χ2n) is 9.38. The van der Waals surface area contributed by atoms with Crippen LogP contribution in [0.5, 0.6) is 11.5 Å². The molecule has 0 fully saturated rings. The van der Waals surface area contributed by atoms with E-state index in [2.05, 4.69) is 15.3 Å². The van der Waals surface area contributed by atoms with E-state index in [0.29, 0.717) is 33.5 Å². The standard InChI is InChI=1S/C31H30F2N4O4S/c1-19-15-20(2)35-31(34-19)42-18-28(38)37(17-21-5-9-23(32)10-6-21)29(22-7-11-24(33)12-8-22)30(39)36-26-14-13-25(40-3)16-27(26)41-4/h5-16,29H,17-18H2,1-4H3,(H,36,39). The topological polar surface area (TPSA) is 93.7 Å². The molecule has 0 spiro atoms. The fourth-order valence-electron chi connectivity index (χ4n) is 4.30. The maximum atomic E-state index is 14.0. The van der Waals surface area contributed by atoms with Gasteiger partial charge in [0.05, 0.1) is 25.7 Å². The van der Waals surface area contributed by atoms with Crippen molar-refractivity contribution >= 4 is 29.3 Å². The second kappa shape index (κ2) is 13.9. The van der Waals surface area contributed by atoms with Crippen LogP contribution in [0.4, 0.5) is 14.5 Å². The Hall–Kier alpha value is -4.51. The average molecular weight is 593 g/mol. The van der Waals surface area contributed by atoms with Crippen LogP contribution in [0.15, 0.2) is 78.0 Å². The minimum Gasteiger partial charge on any atom is -0.497 e. The molecule has 218 valence electrons. The summed E-state index contributed by atoms with van der Waals surface area (Å²) < 4.78 is 38.3. The fourth-order valence-corrected chi connectivity index (χ4v) is 5.13. The molecule has 1 N–H and O–H groups in total. The molecule has 1 heterocycles. The highest BCUT2D eigenvalue weighted by atomic mass is 32.2. The van der Waals surface area contributed by atoms with Crippen LogP contribution in [0, 0.1) is 25.5 Å². The van der Waals surface area contributed by atoms with Crippen molar-refractivity contribution in [2.24, 2.45) is 0 Å². The van der Waals surface area contributed by atoms with Crippen LogP contribution in [0.25, 0.3) is 0 Å². The van der Waals surface area contributed by atoms with Gasteiger partial charge in [-0.1, -0.05) is 36.0 Å². The Morgan fingerprint density at radius 1 is 0.881 bits per heavy atom. The van der Waals surface area contributed by atoms with E-state index in [-0.39, 0.29) is 12.3 Å². The third-order valence-corrected chi connectivity index (χ3v) is 7.12. The van der Waals surface area contributed by atoms with Gasteiger partial charge in [-0.05, 0) is 67.4 Å². The summed E-state index contributed by atoms with van der Waals surface area (Å²) in [7, 11) is 2.97. The van der Waals surface area contributed by atoms with Gasteiger partial charge in [0.2, 0.25) is 5.91 Å². The van der Waals surface area contributed by atoms with Gasteiger partial charge < -0.3 is 19.7 Å². The first-order valence-electron chi connectivity index (χ1n) is 12.9. The fraction of sp³-hybridized carbons (Fsp3) is 0.226. The maximum Gasteiger partial charge on any atom is 0.251 e. The van der Waals surface area contributed by atoms with E-state index in [1.807, 2.05) is 19.9 Å². The van der Waals surface area contributed by atoms with Crippen molar-refractivity contribution in [1.82, 2.24) is 14.9 Å². The van der Waals surface area contributed by atoms with E-state index in [1.54, 1.807) is 30.3 Å². The first kappa shape index (κ1) is 30.4. The largest absolute Gasteiger partial charge is 0.497 e. The molecule has 0 aliphatic carbocycles. The molecule has 3 aromatic carbocycles. The van der Waals surface area contributed by atoms with Gasteiger partial charge in [0.1, 0.15) is 29.2 Å². The summed E-state index contributed by atoms with van der Waals surface area (Å²) in [5.74, 6) is -1.10. The lowest BCUT2D eigenvalue weighted by Crippen LogP contribution is -2.42. The van der Waals surface area contributed by atoms with Gasteiger partial charge in [0.15, 0.2) is 5.16 Å². The first-order chi connectivity index (χ1) is 20.2. The number of aromatic nitrogens is 2. The van der Waals surface area contributed by atoms with E-state index >= 15 is 0 Å². The molecule has 4 rings (SSSR count). The van der Waals surface area contributed by atoms with Crippen LogP contribution in [0.3, 0.4) is 0 Å². The molecule has 0 bridgehead atoms. The molecule has 0 aliphatic heterocycles. The predicted octanol–water partition coefficient (Wildman–Crippen LogP) is 5.89. The summed E-state index contributed by atoms with van der Waals surface area (Å²) in [4.78, 5) is 38.0. The summed E-state index contributed by atoms with van der Waals surface area (Å²) in [6.07, 6.45) is 0. The van der Waals surface area contributed by atoms with Crippen molar-refractivity contribution in [3.63, 3.8) is 0 Å². The highest BCUT2D eigenvalue weighted by Gasteiger charge is 2.32. The van der Waals surface area contributed by atoms with Crippen molar-refractivity contribution in [2.45, 2.75) is 31.6 Å². The third kappa shape index (κ3) is 7.82. The van der Waals surface area contributed by atoms with Crippen LogP contribution in [0.1, 0.15) is 28.6 Å². The van der Waals surface area contributed by atoms with Crippen molar-refractivity contribution in [3.8, 4) is 11.5 Å². The zero-order chi connectivity index (χ0) is 30.2. The summed E-state index contributed by atoms with van der Waals surface area (Å²) in [5, 5.41) is 3.27. The molecule has 0 saturated heterocycles. The molecule has 4 aromatic rings.